The van der Waals surface area contributed by atoms with Crippen LogP contribution in [0.25, 0.3) is 0 Å². The average Bonchev–Trinajstić information content (AvgIpc) is 2.45. The van der Waals surface area contributed by atoms with E-state index in [0.717, 1.165) is 16.8 Å². The normalized spacial score (nSPS) is 25.5. The molecule has 0 amide bonds. The first-order valence-electron chi connectivity index (χ1n) is 4.46. The Hall–Kier alpha value is -0.250. The second-order valence-corrected chi connectivity index (χ2v) is 4.75. The van der Waals surface area contributed by atoms with Gasteiger partial charge in [0.2, 0.25) is 0 Å². The smallest absolute Gasteiger partial charge is 0.123 e. The number of rotatable bonds is 1. The van der Waals surface area contributed by atoms with Crippen LogP contribution < -0.4 is 4.74 Å². The van der Waals surface area contributed by atoms with Gasteiger partial charge in [-0.2, -0.15) is 0 Å². The van der Waals surface area contributed by atoms with Gasteiger partial charge in [-0.25, -0.2) is 0 Å². The summed E-state index contributed by atoms with van der Waals surface area (Å²) < 4.78 is 6.79. The maximum Gasteiger partial charge on any atom is 0.123 e. The number of benzene rings is 1. The Morgan fingerprint density at radius 2 is 2.31 bits per heavy atom. The van der Waals surface area contributed by atoms with Crippen LogP contribution in [0, 0.1) is 6.92 Å². The highest BCUT2D eigenvalue weighted by Crippen LogP contribution is 2.40. The fourth-order valence-corrected chi connectivity index (χ4v) is 2.30. The molecule has 0 aromatic heterocycles. The molecule has 0 N–H and O–H groups in total. The van der Waals surface area contributed by atoms with E-state index in [0.29, 0.717) is 0 Å². The molecule has 2 heteroatoms. The molecule has 1 heterocycles. The number of fused-ring (bicyclic) bond motifs is 1. The minimum Gasteiger partial charge on any atom is -0.492 e. The minimum atomic E-state index is 0.226. The number of aryl methyl sites for hydroxylation is 1. The molecule has 1 aliphatic rings. The summed E-state index contributed by atoms with van der Waals surface area (Å²) in [5.41, 5.74) is 2.87. The summed E-state index contributed by atoms with van der Waals surface area (Å²) in [6.07, 6.45) is 0. The molecule has 1 atom stereocenters. The molecule has 0 fully saturated rings. The van der Waals surface area contributed by atoms with Crippen LogP contribution in [-0.4, -0.2) is 11.0 Å². The van der Waals surface area contributed by atoms with E-state index >= 15 is 0 Å². The molecule has 1 aliphatic heterocycles. The quantitative estimate of drug-likeness (QED) is 0.570. The largest absolute Gasteiger partial charge is 0.492 e. The zero-order valence-electron chi connectivity index (χ0n) is 7.93. The summed E-state index contributed by atoms with van der Waals surface area (Å²) in [5, 5.41) is 0. The van der Waals surface area contributed by atoms with E-state index in [1.807, 2.05) is 0 Å². The maximum atomic E-state index is 5.68. The first-order valence-corrected chi connectivity index (χ1v) is 5.98. The van der Waals surface area contributed by atoms with Crippen molar-refractivity contribution >= 4 is 22.6 Å². The third kappa shape index (κ3) is 1.45. The summed E-state index contributed by atoms with van der Waals surface area (Å²) in [7, 11) is 0. The monoisotopic (exact) mass is 288 g/mol. The molecule has 13 heavy (non-hydrogen) atoms. The summed E-state index contributed by atoms with van der Waals surface area (Å²) in [4.78, 5) is 0. The van der Waals surface area contributed by atoms with Crippen LogP contribution in [0.2, 0.25) is 0 Å². The topological polar surface area (TPSA) is 9.23 Å². The Bertz CT molecular complexity index is 335. The van der Waals surface area contributed by atoms with Crippen LogP contribution in [-0.2, 0) is 5.41 Å². The third-order valence-electron chi connectivity index (χ3n) is 2.63. The summed E-state index contributed by atoms with van der Waals surface area (Å²) in [6.45, 7) is 5.19. The lowest BCUT2D eigenvalue weighted by Crippen LogP contribution is -2.25. The van der Waals surface area contributed by atoms with E-state index < -0.39 is 0 Å². The highest BCUT2D eigenvalue weighted by Gasteiger charge is 2.34. The van der Waals surface area contributed by atoms with Crippen molar-refractivity contribution in [3.63, 3.8) is 0 Å². The summed E-state index contributed by atoms with van der Waals surface area (Å²) in [6, 6.07) is 6.50. The van der Waals surface area contributed by atoms with Gasteiger partial charge in [0.1, 0.15) is 5.75 Å². The Morgan fingerprint density at radius 3 is 3.00 bits per heavy atom. The van der Waals surface area contributed by atoms with Crippen LogP contribution in [0.15, 0.2) is 18.2 Å². The van der Waals surface area contributed by atoms with Gasteiger partial charge in [-0.05, 0) is 18.6 Å². The molecule has 0 bridgehead atoms. The zero-order valence-corrected chi connectivity index (χ0v) is 10.1. The predicted molar refractivity (Wildman–Crippen MR) is 62.9 cm³/mol. The molecule has 0 aliphatic carbocycles. The molecule has 1 aromatic carbocycles. The van der Waals surface area contributed by atoms with Crippen LogP contribution in [0.3, 0.4) is 0 Å². The zero-order chi connectivity index (χ0) is 9.47. The molecule has 1 aromatic rings. The van der Waals surface area contributed by atoms with Gasteiger partial charge in [-0.15, -0.1) is 0 Å². The first-order chi connectivity index (χ1) is 6.15. The van der Waals surface area contributed by atoms with Gasteiger partial charge in [-0.3, -0.25) is 0 Å². The predicted octanol–water partition coefficient (Wildman–Crippen LogP) is 3.08. The third-order valence-corrected chi connectivity index (χ3v) is 4.31. The minimum absolute atomic E-state index is 0.226. The summed E-state index contributed by atoms with van der Waals surface area (Å²) in [5.74, 6) is 1.08. The number of ether oxygens (including phenoxy) is 1. The van der Waals surface area contributed by atoms with E-state index in [4.69, 9.17) is 4.74 Å². The van der Waals surface area contributed by atoms with E-state index in [1.54, 1.807) is 0 Å². The van der Waals surface area contributed by atoms with Crippen molar-refractivity contribution in [2.24, 2.45) is 0 Å². The molecular weight excluding hydrogens is 275 g/mol. The first kappa shape index (κ1) is 9.31. The standard InChI is InChI=1S/C11H13IO/c1-8-3-4-9-10(5-8)13-7-11(9,2)6-12/h3-5H,6-7H2,1-2H3. The van der Waals surface area contributed by atoms with Crippen molar-refractivity contribution in [2.75, 3.05) is 11.0 Å². The van der Waals surface area contributed by atoms with E-state index in [1.165, 1.54) is 11.1 Å². The molecule has 0 radical (unpaired) electrons. The maximum absolute atomic E-state index is 5.68. The Kier molecular flexibility index (Phi) is 2.26. The van der Waals surface area contributed by atoms with E-state index in [2.05, 4.69) is 54.6 Å². The average molecular weight is 288 g/mol. The molecule has 1 nitrogen and oxygen atoms in total. The van der Waals surface area contributed by atoms with Gasteiger partial charge in [0.15, 0.2) is 0 Å². The number of hydrogen-bond acceptors (Lipinski definition) is 1. The second kappa shape index (κ2) is 3.15. The Morgan fingerprint density at radius 1 is 1.54 bits per heavy atom. The van der Waals surface area contributed by atoms with Crippen LogP contribution in [0.4, 0.5) is 0 Å². The summed E-state index contributed by atoms with van der Waals surface area (Å²) >= 11 is 2.43. The van der Waals surface area contributed by atoms with Crippen LogP contribution in [0.1, 0.15) is 18.1 Å². The molecule has 0 saturated carbocycles. The van der Waals surface area contributed by atoms with Crippen molar-refractivity contribution in [2.45, 2.75) is 19.3 Å². The Balaban J connectivity index is 2.49. The fraction of sp³-hybridized carbons (Fsp3) is 0.455. The van der Waals surface area contributed by atoms with Gasteiger partial charge in [0.05, 0.1) is 6.61 Å². The fourth-order valence-electron chi connectivity index (χ4n) is 1.67. The molecule has 0 spiro atoms. The highest BCUT2D eigenvalue weighted by molar-refractivity contribution is 14.1. The molecule has 70 valence electrons. The lowest BCUT2D eigenvalue weighted by molar-refractivity contribution is 0.295. The number of hydrogen-bond donors (Lipinski definition) is 0. The lowest BCUT2D eigenvalue weighted by Gasteiger charge is -2.18. The van der Waals surface area contributed by atoms with E-state index in [9.17, 15) is 0 Å². The lowest BCUT2D eigenvalue weighted by atomic mass is 9.87. The number of halogens is 1. The van der Waals surface area contributed by atoms with Crippen LogP contribution >= 0.6 is 22.6 Å². The Labute approximate surface area is 92.6 Å². The van der Waals surface area contributed by atoms with Gasteiger partial charge in [-0.1, -0.05) is 41.6 Å². The SMILES string of the molecule is Cc1ccc2c(c1)OCC2(C)CI. The van der Waals surface area contributed by atoms with Gasteiger partial charge in [0, 0.05) is 15.4 Å². The molecule has 1 unspecified atom stereocenters. The van der Waals surface area contributed by atoms with Gasteiger partial charge in [0.25, 0.3) is 0 Å². The van der Waals surface area contributed by atoms with Crippen molar-refractivity contribution < 1.29 is 4.74 Å². The van der Waals surface area contributed by atoms with E-state index in [-0.39, 0.29) is 5.41 Å². The van der Waals surface area contributed by atoms with Crippen LogP contribution in [0.5, 0.6) is 5.75 Å². The van der Waals surface area contributed by atoms with Crippen molar-refractivity contribution in [1.82, 2.24) is 0 Å². The molecule has 0 saturated heterocycles. The molecular formula is C11H13IO. The highest BCUT2D eigenvalue weighted by atomic mass is 127. The van der Waals surface area contributed by atoms with Gasteiger partial charge >= 0.3 is 0 Å². The number of alkyl halides is 1. The van der Waals surface area contributed by atoms with Crippen molar-refractivity contribution in [3.8, 4) is 5.75 Å². The second-order valence-electron chi connectivity index (χ2n) is 3.98. The van der Waals surface area contributed by atoms with Crippen molar-refractivity contribution in [1.29, 1.82) is 0 Å². The van der Waals surface area contributed by atoms with Crippen molar-refractivity contribution in [3.05, 3.63) is 29.3 Å². The van der Waals surface area contributed by atoms with Gasteiger partial charge < -0.3 is 4.74 Å². The molecule has 2 rings (SSSR count).